The molecule has 2 fully saturated rings. The first-order valence-electron chi connectivity index (χ1n) is 9.09. The Morgan fingerprint density at radius 1 is 1.21 bits per heavy atom. The number of nitrogens with one attached hydrogen (secondary N) is 2. The molecular formula is C19H29N2O3+. The van der Waals surface area contributed by atoms with Crippen molar-refractivity contribution in [3.63, 3.8) is 0 Å². The normalized spacial score (nSPS) is 20.7. The summed E-state index contributed by atoms with van der Waals surface area (Å²) in [5.41, 5.74) is 0.768. The van der Waals surface area contributed by atoms with Crippen molar-refractivity contribution in [1.82, 2.24) is 5.32 Å². The Kier molecular flexibility index (Phi) is 5.74. The van der Waals surface area contributed by atoms with Crippen LogP contribution in [0.5, 0.6) is 5.75 Å². The van der Waals surface area contributed by atoms with Gasteiger partial charge in [0.05, 0.1) is 38.8 Å². The fourth-order valence-corrected chi connectivity index (χ4v) is 3.97. The van der Waals surface area contributed by atoms with Crippen LogP contribution in [0.25, 0.3) is 0 Å². The summed E-state index contributed by atoms with van der Waals surface area (Å²) in [4.78, 5) is 14.5. The SMILES string of the molecule is COc1ccc(C2(C(=O)NCC[NH+]3CCOCC3)CCCC2)cc1. The van der Waals surface area contributed by atoms with Gasteiger partial charge >= 0.3 is 0 Å². The average molecular weight is 333 g/mol. The van der Waals surface area contributed by atoms with Gasteiger partial charge in [0.25, 0.3) is 0 Å². The van der Waals surface area contributed by atoms with Crippen LogP contribution in [0.15, 0.2) is 24.3 Å². The van der Waals surface area contributed by atoms with E-state index in [1.165, 1.54) is 4.90 Å². The van der Waals surface area contributed by atoms with E-state index in [1.807, 2.05) is 12.1 Å². The third-order valence-electron chi connectivity index (χ3n) is 5.50. The highest BCUT2D eigenvalue weighted by atomic mass is 16.5. The van der Waals surface area contributed by atoms with Gasteiger partial charge in [-0.05, 0) is 30.5 Å². The van der Waals surface area contributed by atoms with E-state index in [2.05, 4.69) is 17.4 Å². The lowest BCUT2D eigenvalue weighted by Crippen LogP contribution is -3.14. The Morgan fingerprint density at radius 2 is 1.88 bits per heavy atom. The molecule has 1 aliphatic heterocycles. The molecule has 1 heterocycles. The molecule has 24 heavy (non-hydrogen) atoms. The maximum atomic E-state index is 13.0. The Hall–Kier alpha value is -1.59. The van der Waals surface area contributed by atoms with Crippen LogP contribution < -0.4 is 15.0 Å². The van der Waals surface area contributed by atoms with Crippen molar-refractivity contribution in [3.8, 4) is 5.75 Å². The molecule has 1 aliphatic carbocycles. The number of hydrogen-bond donors (Lipinski definition) is 2. The van der Waals surface area contributed by atoms with Crippen molar-refractivity contribution in [2.24, 2.45) is 0 Å². The first-order valence-corrected chi connectivity index (χ1v) is 9.09. The maximum Gasteiger partial charge on any atom is 0.230 e. The van der Waals surface area contributed by atoms with Crippen molar-refractivity contribution < 1.29 is 19.2 Å². The second-order valence-electron chi connectivity index (χ2n) is 6.89. The van der Waals surface area contributed by atoms with Crippen LogP contribution in [0.2, 0.25) is 0 Å². The standard InChI is InChI=1S/C19H28N2O3/c1-23-17-6-4-16(5-7-17)19(8-2-3-9-19)18(22)20-10-11-21-12-14-24-15-13-21/h4-7H,2-3,8-15H2,1H3,(H,20,22)/p+1. The molecule has 2 N–H and O–H groups in total. The summed E-state index contributed by atoms with van der Waals surface area (Å²) in [6.45, 7) is 5.47. The van der Waals surface area contributed by atoms with Crippen LogP contribution in [0.4, 0.5) is 0 Å². The number of carbonyl (C=O) groups is 1. The van der Waals surface area contributed by atoms with E-state index in [9.17, 15) is 4.79 Å². The summed E-state index contributed by atoms with van der Waals surface area (Å²) in [5.74, 6) is 1.03. The summed E-state index contributed by atoms with van der Waals surface area (Å²) in [7, 11) is 1.67. The number of morpholine rings is 1. The predicted octanol–water partition coefficient (Wildman–Crippen LogP) is 0.538. The summed E-state index contributed by atoms with van der Waals surface area (Å²) >= 11 is 0. The number of amides is 1. The molecule has 0 bridgehead atoms. The smallest absolute Gasteiger partial charge is 0.230 e. The third-order valence-corrected chi connectivity index (χ3v) is 5.50. The van der Waals surface area contributed by atoms with Gasteiger partial charge in [-0.25, -0.2) is 0 Å². The lowest BCUT2D eigenvalue weighted by molar-refractivity contribution is -0.906. The Labute approximate surface area is 144 Å². The van der Waals surface area contributed by atoms with Crippen molar-refractivity contribution >= 4 is 5.91 Å². The zero-order valence-electron chi connectivity index (χ0n) is 14.6. The quantitative estimate of drug-likeness (QED) is 0.799. The minimum Gasteiger partial charge on any atom is -0.497 e. The number of methoxy groups -OCH3 is 1. The van der Waals surface area contributed by atoms with Crippen LogP contribution in [-0.2, 0) is 14.9 Å². The number of carbonyl (C=O) groups excluding carboxylic acids is 1. The maximum absolute atomic E-state index is 13.0. The number of ether oxygens (including phenoxy) is 2. The molecule has 3 rings (SSSR count). The number of hydrogen-bond acceptors (Lipinski definition) is 3. The lowest BCUT2D eigenvalue weighted by atomic mass is 9.78. The molecule has 5 heteroatoms. The van der Waals surface area contributed by atoms with Gasteiger partial charge in [0.1, 0.15) is 18.8 Å². The monoisotopic (exact) mass is 333 g/mol. The average Bonchev–Trinajstić information content (AvgIpc) is 3.14. The summed E-state index contributed by atoms with van der Waals surface area (Å²) in [6.07, 6.45) is 4.12. The molecule has 0 aromatic heterocycles. The molecule has 132 valence electrons. The predicted molar refractivity (Wildman–Crippen MR) is 92.5 cm³/mol. The fourth-order valence-electron chi connectivity index (χ4n) is 3.97. The first-order chi connectivity index (χ1) is 11.7. The molecule has 1 saturated heterocycles. The molecule has 0 unspecified atom stereocenters. The van der Waals surface area contributed by atoms with E-state index in [0.29, 0.717) is 0 Å². The van der Waals surface area contributed by atoms with Crippen molar-refractivity contribution in [2.75, 3.05) is 46.5 Å². The minimum absolute atomic E-state index is 0.192. The van der Waals surface area contributed by atoms with Gasteiger partial charge in [0.2, 0.25) is 5.91 Å². The highest BCUT2D eigenvalue weighted by Crippen LogP contribution is 2.41. The second kappa shape index (κ2) is 7.99. The molecule has 1 saturated carbocycles. The van der Waals surface area contributed by atoms with Crippen LogP contribution in [0, 0.1) is 0 Å². The molecule has 1 aromatic rings. The lowest BCUT2D eigenvalue weighted by Gasteiger charge is -2.29. The van der Waals surface area contributed by atoms with Gasteiger partial charge < -0.3 is 19.7 Å². The largest absolute Gasteiger partial charge is 0.497 e. The number of rotatable bonds is 6. The Balaban J connectivity index is 1.62. The summed E-state index contributed by atoms with van der Waals surface area (Å²) < 4.78 is 10.6. The molecule has 0 atom stereocenters. The summed E-state index contributed by atoms with van der Waals surface area (Å²) in [6, 6.07) is 8.02. The second-order valence-corrected chi connectivity index (χ2v) is 6.89. The van der Waals surface area contributed by atoms with Crippen molar-refractivity contribution in [3.05, 3.63) is 29.8 Å². The topological polar surface area (TPSA) is 52.0 Å². The Morgan fingerprint density at radius 3 is 2.50 bits per heavy atom. The van der Waals surface area contributed by atoms with Gasteiger partial charge in [0, 0.05) is 0 Å². The number of quaternary nitrogens is 1. The van der Waals surface area contributed by atoms with E-state index in [1.54, 1.807) is 7.11 Å². The fraction of sp³-hybridized carbons (Fsp3) is 0.632. The van der Waals surface area contributed by atoms with E-state index in [4.69, 9.17) is 9.47 Å². The molecule has 5 nitrogen and oxygen atoms in total. The number of benzene rings is 1. The van der Waals surface area contributed by atoms with Crippen molar-refractivity contribution in [2.45, 2.75) is 31.1 Å². The van der Waals surface area contributed by atoms with E-state index in [0.717, 1.165) is 76.4 Å². The molecule has 1 amide bonds. The molecular weight excluding hydrogens is 304 g/mol. The van der Waals surface area contributed by atoms with E-state index >= 15 is 0 Å². The first kappa shape index (κ1) is 17.2. The Bertz CT molecular complexity index is 532. The van der Waals surface area contributed by atoms with Gasteiger partial charge in [-0.2, -0.15) is 0 Å². The van der Waals surface area contributed by atoms with Gasteiger partial charge in [-0.15, -0.1) is 0 Å². The molecule has 0 radical (unpaired) electrons. The molecule has 2 aliphatic rings. The zero-order chi connectivity index (χ0) is 16.8. The highest BCUT2D eigenvalue weighted by molar-refractivity contribution is 5.88. The van der Waals surface area contributed by atoms with E-state index < -0.39 is 0 Å². The summed E-state index contributed by atoms with van der Waals surface area (Å²) in [5, 5.41) is 3.21. The van der Waals surface area contributed by atoms with Crippen molar-refractivity contribution in [1.29, 1.82) is 0 Å². The van der Waals surface area contributed by atoms with Crippen LogP contribution in [0.1, 0.15) is 31.2 Å². The molecule has 0 spiro atoms. The highest BCUT2D eigenvalue weighted by Gasteiger charge is 2.42. The molecule has 1 aromatic carbocycles. The zero-order valence-corrected chi connectivity index (χ0v) is 14.6. The van der Waals surface area contributed by atoms with E-state index in [-0.39, 0.29) is 11.3 Å². The van der Waals surface area contributed by atoms with Gasteiger partial charge in [0.15, 0.2) is 0 Å². The van der Waals surface area contributed by atoms with Gasteiger partial charge in [-0.3, -0.25) is 4.79 Å². The van der Waals surface area contributed by atoms with Crippen LogP contribution in [-0.4, -0.2) is 52.4 Å². The third kappa shape index (κ3) is 3.73. The van der Waals surface area contributed by atoms with Gasteiger partial charge in [-0.1, -0.05) is 25.0 Å². The van der Waals surface area contributed by atoms with Crippen LogP contribution in [0.3, 0.4) is 0 Å². The minimum atomic E-state index is -0.355. The van der Waals surface area contributed by atoms with Crippen LogP contribution >= 0.6 is 0 Å².